The zero-order valence-corrected chi connectivity index (χ0v) is 11.6. The van der Waals surface area contributed by atoms with Crippen LogP contribution in [0.3, 0.4) is 0 Å². The van der Waals surface area contributed by atoms with Gasteiger partial charge in [0.05, 0.1) is 22.5 Å². The number of hydrogen-bond acceptors (Lipinski definition) is 6. The first kappa shape index (κ1) is 15.8. The van der Waals surface area contributed by atoms with Crippen LogP contribution in [0.5, 0.6) is 0 Å². The van der Waals surface area contributed by atoms with Crippen molar-refractivity contribution in [3.8, 4) is 0 Å². The minimum Gasteiger partial charge on any atom is -0.373 e. The Morgan fingerprint density at radius 3 is 2.95 bits per heavy atom. The van der Waals surface area contributed by atoms with Gasteiger partial charge in [-0.05, 0) is 6.07 Å². The molecule has 1 aromatic heterocycles. The molecule has 1 aliphatic rings. The number of nitrogens with two attached hydrogens (primary N) is 1. The van der Waals surface area contributed by atoms with Crippen molar-refractivity contribution in [2.24, 2.45) is 5.73 Å². The molecule has 1 aromatic rings. The molecule has 1 fully saturated rings. The molecule has 2 N–H and O–H groups in total. The van der Waals surface area contributed by atoms with Crippen LogP contribution in [0.4, 0.5) is 5.00 Å². The van der Waals surface area contributed by atoms with Crippen LogP contribution in [-0.2, 0) is 4.74 Å². The topological polar surface area (TPSA) is 98.7 Å². The van der Waals surface area contributed by atoms with Gasteiger partial charge in [0.25, 0.3) is 5.91 Å². The van der Waals surface area contributed by atoms with Gasteiger partial charge < -0.3 is 15.4 Å². The second-order valence-electron chi connectivity index (χ2n) is 3.87. The highest BCUT2D eigenvalue weighted by Gasteiger charge is 2.26. The molecular formula is C10H14ClN3O4S. The molecule has 0 spiro atoms. The zero-order chi connectivity index (χ0) is 13.1. The molecule has 0 aliphatic carbocycles. The molecule has 7 nitrogen and oxygen atoms in total. The van der Waals surface area contributed by atoms with Crippen LogP contribution >= 0.6 is 23.7 Å². The van der Waals surface area contributed by atoms with Crippen LogP contribution in [-0.4, -0.2) is 48.1 Å². The standard InChI is InChI=1S/C10H13N3O4S.ClH/c11-5-7-6-12(3-4-17-7)10(14)8-1-2-9(18-8)13(15)16;/h1-2,7H,3-6,11H2;1H. The number of morpholine rings is 1. The Morgan fingerprint density at radius 1 is 1.63 bits per heavy atom. The van der Waals surface area contributed by atoms with E-state index < -0.39 is 4.92 Å². The Balaban J connectivity index is 0.00000180. The number of carbonyl (C=O) groups excluding carboxylic acids is 1. The summed E-state index contributed by atoms with van der Waals surface area (Å²) in [4.78, 5) is 24.2. The smallest absolute Gasteiger partial charge is 0.324 e. The Morgan fingerprint density at radius 2 is 2.37 bits per heavy atom. The average Bonchev–Trinajstić information content (AvgIpc) is 2.87. The highest BCUT2D eigenvalue weighted by Crippen LogP contribution is 2.25. The molecule has 106 valence electrons. The molecule has 19 heavy (non-hydrogen) atoms. The number of thiophene rings is 1. The second-order valence-corrected chi connectivity index (χ2v) is 4.94. The number of carbonyl (C=O) groups is 1. The molecule has 2 heterocycles. The van der Waals surface area contributed by atoms with Gasteiger partial charge in [0.15, 0.2) is 0 Å². The van der Waals surface area contributed by atoms with E-state index in [2.05, 4.69) is 0 Å². The molecule has 0 aromatic carbocycles. The van der Waals surface area contributed by atoms with Gasteiger partial charge in [0, 0.05) is 25.7 Å². The summed E-state index contributed by atoms with van der Waals surface area (Å²) in [6.45, 7) is 1.72. The fourth-order valence-electron chi connectivity index (χ4n) is 1.74. The Bertz CT molecular complexity index is 467. The van der Waals surface area contributed by atoms with E-state index in [9.17, 15) is 14.9 Å². The minimum atomic E-state index is -0.497. The van der Waals surface area contributed by atoms with E-state index in [1.807, 2.05) is 0 Å². The molecule has 1 saturated heterocycles. The summed E-state index contributed by atoms with van der Waals surface area (Å²) < 4.78 is 5.36. The monoisotopic (exact) mass is 307 g/mol. The van der Waals surface area contributed by atoms with Gasteiger partial charge in [-0.25, -0.2) is 0 Å². The molecule has 0 bridgehead atoms. The third-order valence-corrected chi connectivity index (χ3v) is 3.70. The van der Waals surface area contributed by atoms with Gasteiger partial charge in [0.2, 0.25) is 0 Å². The van der Waals surface area contributed by atoms with Gasteiger partial charge in [-0.2, -0.15) is 0 Å². The summed E-state index contributed by atoms with van der Waals surface area (Å²) in [5, 5.41) is 10.5. The van der Waals surface area contributed by atoms with E-state index >= 15 is 0 Å². The van der Waals surface area contributed by atoms with E-state index in [0.717, 1.165) is 11.3 Å². The van der Waals surface area contributed by atoms with Crippen LogP contribution < -0.4 is 5.73 Å². The van der Waals surface area contributed by atoms with Gasteiger partial charge >= 0.3 is 5.00 Å². The summed E-state index contributed by atoms with van der Waals surface area (Å²) in [5.41, 5.74) is 5.50. The van der Waals surface area contributed by atoms with Crippen molar-refractivity contribution in [1.82, 2.24) is 4.90 Å². The fraction of sp³-hybridized carbons (Fsp3) is 0.500. The lowest BCUT2D eigenvalue weighted by Crippen LogP contribution is -2.47. The van der Waals surface area contributed by atoms with Crippen molar-refractivity contribution in [3.05, 3.63) is 27.1 Å². The molecule has 1 amide bonds. The van der Waals surface area contributed by atoms with Crippen molar-refractivity contribution >= 4 is 34.7 Å². The van der Waals surface area contributed by atoms with Crippen molar-refractivity contribution in [2.45, 2.75) is 6.10 Å². The normalized spacial score (nSPS) is 18.8. The zero-order valence-electron chi connectivity index (χ0n) is 9.98. The predicted molar refractivity (Wildman–Crippen MR) is 72.9 cm³/mol. The molecular weight excluding hydrogens is 294 g/mol. The van der Waals surface area contributed by atoms with E-state index in [-0.39, 0.29) is 29.4 Å². The fourth-order valence-corrected chi connectivity index (χ4v) is 2.53. The third-order valence-electron chi connectivity index (χ3n) is 2.67. The van der Waals surface area contributed by atoms with Crippen molar-refractivity contribution in [3.63, 3.8) is 0 Å². The molecule has 9 heteroatoms. The number of nitrogens with zero attached hydrogens (tertiary/aromatic N) is 2. The molecule has 0 radical (unpaired) electrons. The van der Waals surface area contributed by atoms with E-state index in [1.54, 1.807) is 4.90 Å². The van der Waals surface area contributed by atoms with Gasteiger partial charge in [-0.1, -0.05) is 11.3 Å². The minimum absolute atomic E-state index is 0. The lowest BCUT2D eigenvalue weighted by atomic mass is 10.2. The Kier molecular flexibility index (Phi) is 5.67. The second kappa shape index (κ2) is 6.80. The molecule has 1 unspecified atom stereocenters. The van der Waals surface area contributed by atoms with Crippen LogP contribution in [0, 0.1) is 10.1 Å². The number of rotatable bonds is 3. The highest BCUT2D eigenvalue weighted by molar-refractivity contribution is 7.17. The van der Waals surface area contributed by atoms with Gasteiger partial charge in [-0.3, -0.25) is 14.9 Å². The first-order valence-electron chi connectivity index (χ1n) is 5.47. The summed E-state index contributed by atoms with van der Waals surface area (Å²) in [6.07, 6.45) is -0.155. The van der Waals surface area contributed by atoms with Gasteiger partial charge in [0.1, 0.15) is 0 Å². The number of hydrogen-bond donors (Lipinski definition) is 1. The van der Waals surface area contributed by atoms with Crippen LogP contribution in [0.1, 0.15) is 9.67 Å². The number of ether oxygens (including phenoxy) is 1. The molecule has 0 saturated carbocycles. The average molecular weight is 308 g/mol. The molecule has 1 atom stereocenters. The summed E-state index contributed by atoms with van der Waals surface area (Å²) in [6, 6.07) is 2.83. The summed E-state index contributed by atoms with van der Waals surface area (Å²) in [7, 11) is 0. The van der Waals surface area contributed by atoms with Crippen molar-refractivity contribution in [1.29, 1.82) is 0 Å². The van der Waals surface area contributed by atoms with Crippen molar-refractivity contribution < 1.29 is 14.5 Å². The SMILES string of the molecule is Cl.NCC1CN(C(=O)c2ccc([N+](=O)[O-])s2)CCO1. The quantitative estimate of drug-likeness (QED) is 0.660. The highest BCUT2D eigenvalue weighted by atomic mass is 35.5. The third kappa shape index (κ3) is 3.63. The molecule has 2 rings (SSSR count). The molecule has 1 aliphatic heterocycles. The van der Waals surface area contributed by atoms with E-state index in [0.29, 0.717) is 31.1 Å². The maximum Gasteiger partial charge on any atom is 0.324 e. The number of nitro groups is 1. The maximum atomic E-state index is 12.1. The first-order valence-corrected chi connectivity index (χ1v) is 6.28. The summed E-state index contributed by atoms with van der Waals surface area (Å²) in [5.74, 6) is -0.199. The lowest BCUT2D eigenvalue weighted by Gasteiger charge is -2.31. The number of amides is 1. The largest absolute Gasteiger partial charge is 0.373 e. The van der Waals surface area contributed by atoms with Crippen LogP contribution in [0.2, 0.25) is 0 Å². The lowest BCUT2D eigenvalue weighted by molar-refractivity contribution is -0.380. The van der Waals surface area contributed by atoms with Crippen LogP contribution in [0.25, 0.3) is 0 Å². The van der Waals surface area contributed by atoms with Gasteiger partial charge in [-0.15, -0.1) is 12.4 Å². The maximum absolute atomic E-state index is 12.1. The van der Waals surface area contributed by atoms with E-state index in [1.165, 1.54) is 12.1 Å². The number of halogens is 1. The van der Waals surface area contributed by atoms with E-state index in [4.69, 9.17) is 10.5 Å². The summed E-state index contributed by atoms with van der Waals surface area (Å²) >= 11 is 0.889. The predicted octanol–water partition coefficient (Wildman–Crippen LogP) is 0.878. The first-order chi connectivity index (χ1) is 8.61. The Labute approximate surface area is 119 Å². The Hall–Kier alpha value is -1.22. The van der Waals surface area contributed by atoms with Crippen LogP contribution in [0.15, 0.2) is 12.1 Å². The van der Waals surface area contributed by atoms with Crippen molar-refractivity contribution in [2.75, 3.05) is 26.2 Å².